The van der Waals surface area contributed by atoms with Crippen LogP contribution in [0.5, 0.6) is 5.75 Å². The van der Waals surface area contributed by atoms with E-state index in [1.165, 1.54) is 17.0 Å². The lowest BCUT2D eigenvalue weighted by molar-refractivity contribution is -0.180. The minimum absolute atomic E-state index is 0.000784. The number of carbonyl (C=O) groups is 1. The van der Waals surface area contributed by atoms with Crippen LogP contribution in [-0.4, -0.2) is 66.4 Å². The van der Waals surface area contributed by atoms with Gasteiger partial charge >= 0.3 is 6.18 Å². The largest absolute Gasteiger partial charge is 0.473 e. The summed E-state index contributed by atoms with van der Waals surface area (Å²) in [6, 6.07) is 9.09. The van der Waals surface area contributed by atoms with Gasteiger partial charge in [0.1, 0.15) is 17.2 Å². The molecule has 6 nitrogen and oxygen atoms in total. The van der Waals surface area contributed by atoms with Gasteiger partial charge in [0.15, 0.2) is 6.73 Å². The molecule has 40 heavy (non-hydrogen) atoms. The Kier molecular flexibility index (Phi) is 6.97. The zero-order chi connectivity index (χ0) is 28.2. The van der Waals surface area contributed by atoms with Crippen LogP contribution in [-0.2, 0) is 22.3 Å². The van der Waals surface area contributed by atoms with Crippen LogP contribution in [0.25, 0.3) is 0 Å². The first-order chi connectivity index (χ1) is 19.0. The van der Waals surface area contributed by atoms with Gasteiger partial charge < -0.3 is 19.3 Å². The lowest BCUT2D eigenvalue weighted by atomic mass is 9.85. The van der Waals surface area contributed by atoms with Crippen molar-refractivity contribution in [3.05, 3.63) is 58.9 Å². The van der Waals surface area contributed by atoms with Gasteiger partial charge in [0.2, 0.25) is 0 Å². The molecule has 4 aliphatic rings. The molecule has 0 radical (unpaired) electrons. The molecular weight excluding hydrogens is 526 g/mol. The van der Waals surface area contributed by atoms with Gasteiger partial charge in [0.05, 0.1) is 18.7 Å². The molecule has 0 bridgehead atoms. The number of hydrogen-bond acceptors (Lipinski definition) is 5. The van der Waals surface area contributed by atoms with E-state index in [2.05, 4.69) is 16.7 Å². The lowest BCUT2D eigenvalue weighted by Gasteiger charge is -2.48. The Labute approximate surface area is 231 Å². The van der Waals surface area contributed by atoms with Crippen molar-refractivity contribution in [2.45, 2.75) is 69.9 Å². The predicted molar refractivity (Wildman–Crippen MR) is 141 cm³/mol. The van der Waals surface area contributed by atoms with Gasteiger partial charge in [-0.25, -0.2) is 4.39 Å². The normalized spacial score (nSPS) is 27.8. The number of benzene rings is 2. The van der Waals surface area contributed by atoms with Gasteiger partial charge in [0, 0.05) is 43.0 Å². The molecule has 10 heteroatoms. The molecule has 3 aliphatic heterocycles. The van der Waals surface area contributed by atoms with E-state index in [1.54, 1.807) is 6.92 Å². The number of nitrogens with zero attached hydrogens (tertiary/aromatic N) is 3. The van der Waals surface area contributed by atoms with E-state index in [9.17, 15) is 22.4 Å². The quantitative estimate of drug-likeness (QED) is 0.470. The molecule has 0 N–H and O–H groups in total. The molecule has 0 aromatic heterocycles. The summed E-state index contributed by atoms with van der Waals surface area (Å²) in [7, 11) is 0. The number of piperazine rings is 1. The highest BCUT2D eigenvalue weighted by Gasteiger charge is 2.56. The minimum Gasteiger partial charge on any atom is -0.473 e. The van der Waals surface area contributed by atoms with Crippen LogP contribution in [0.4, 0.5) is 23.2 Å². The van der Waals surface area contributed by atoms with Crippen LogP contribution in [0.2, 0.25) is 0 Å². The third-order valence-corrected chi connectivity index (χ3v) is 9.04. The molecule has 2 aromatic carbocycles. The summed E-state index contributed by atoms with van der Waals surface area (Å²) in [6.45, 7) is 6.97. The highest BCUT2D eigenvalue weighted by molar-refractivity contribution is 5.86. The highest BCUT2D eigenvalue weighted by Crippen LogP contribution is 2.48. The van der Waals surface area contributed by atoms with Crippen molar-refractivity contribution >= 4 is 11.6 Å². The Balaban J connectivity index is 1.10. The van der Waals surface area contributed by atoms with Crippen LogP contribution < -0.4 is 9.64 Å². The SMILES string of the molecule is Cc1cc(N2CCN([C@@H]3CC[C@@](C(=O)N4COc5ccc(C(F)(F)F)cc5C4)(C4CC4)OC3)CC2C)ccc1F. The van der Waals surface area contributed by atoms with E-state index < -0.39 is 17.3 Å². The molecule has 3 heterocycles. The number of ether oxygens (including phenoxy) is 2. The summed E-state index contributed by atoms with van der Waals surface area (Å²) in [5, 5.41) is 0. The summed E-state index contributed by atoms with van der Waals surface area (Å²) < 4.78 is 65.8. The molecule has 3 fully saturated rings. The maximum Gasteiger partial charge on any atom is 0.416 e. The Morgan fingerprint density at radius 1 is 1.07 bits per heavy atom. The van der Waals surface area contributed by atoms with Crippen LogP contribution in [0.3, 0.4) is 0 Å². The number of fused-ring (bicyclic) bond motifs is 1. The van der Waals surface area contributed by atoms with Crippen molar-refractivity contribution in [1.29, 1.82) is 0 Å². The zero-order valence-corrected chi connectivity index (χ0v) is 22.8. The standard InChI is InChI=1S/C30H35F4N3O3/c1-19-13-24(6-7-26(19)31)37-12-11-35(15-20(37)2)25-9-10-29(40-17-25,22-3-4-22)28(38)36-16-21-14-23(30(32,33)34)5-8-27(21)39-18-36/h5-8,13-14,20,22,25H,3-4,9-12,15-18H2,1-2H3/t20?,25-,29+/m1/s1. The van der Waals surface area contributed by atoms with Gasteiger partial charge in [-0.15, -0.1) is 0 Å². The van der Waals surface area contributed by atoms with Crippen LogP contribution in [0.1, 0.15) is 49.3 Å². The van der Waals surface area contributed by atoms with Gasteiger partial charge in [-0.3, -0.25) is 9.69 Å². The Bertz CT molecular complexity index is 1270. The fourth-order valence-electron chi connectivity index (χ4n) is 6.61. The molecular formula is C30H35F4N3O3. The number of anilines is 1. The zero-order valence-electron chi connectivity index (χ0n) is 22.8. The molecule has 2 aromatic rings. The van der Waals surface area contributed by atoms with Crippen LogP contribution >= 0.6 is 0 Å². The third kappa shape index (κ3) is 5.04. The maximum absolute atomic E-state index is 13.9. The summed E-state index contributed by atoms with van der Waals surface area (Å²) in [6.07, 6.45) is -1.24. The molecule has 1 unspecified atom stereocenters. The predicted octanol–water partition coefficient (Wildman–Crippen LogP) is 5.37. The van der Waals surface area contributed by atoms with Crippen LogP contribution in [0, 0.1) is 18.7 Å². The van der Waals surface area contributed by atoms with Crippen molar-refractivity contribution in [3.63, 3.8) is 0 Å². The molecule has 1 aliphatic carbocycles. The number of amides is 1. The van der Waals surface area contributed by atoms with Crippen LogP contribution in [0.15, 0.2) is 36.4 Å². The smallest absolute Gasteiger partial charge is 0.416 e. The summed E-state index contributed by atoms with van der Waals surface area (Å²) in [5.74, 6) is 0.128. The molecule has 3 atom stereocenters. The molecule has 0 spiro atoms. The van der Waals surface area contributed by atoms with E-state index in [4.69, 9.17) is 9.47 Å². The van der Waals surface area contributed by atoms with Crippen molar-refractivity contribution in [2.75, 3.05) is 37.9 Å². The Morgan fingerprint density at radius 3 is 2.52 bits per heavy atom. The van der Waals surface area contributed by atoms with Gasteiger partial charge in [-0.05, 0) is 87.4 Å². The summed E-state index contributed by atoms with van der Waals surface area (Å²) >= 11 is 0. The second kappa shape index (κ2) is 10.2. The first kappa shape index (κ1) is 27.3. The number of hydrogen-bond donors (Lipinski definition) is 0. The average Bonchev–Trinajstić information content (AvgIpc) is 3.79. The molecule has 2 saturated heterocycles. The molecule has 216 valence electrons. The topological polar surface area (TPSA) is 45.2 Å². The lowest BCUT2D eigenvalue weighted by Crippen LogP contribution is -2.61. The number of rotatable bonds is 4. The first-order valence-corrected chi connectivity index (χ1v) is 14.1. The summed E-state index contributed by atoms with van der Waals surface area (Å²) in [5.41, 5.74) is 0.325. The molecule has 1 saturated carbocycles. The van der Waals surface area contributed by atoms with Gasteiger partial charge in [0.25, 0.3) is 5.91 Å². The highest BCUT2D eigenvalue weighted by atomic mass is 19.4. The van der Waals surface area contributed by atoms with Crippen molar-refractivity contribution in [3.8, 4) is 5.75 Å². The Morgan fingerprint density at radius 2 is 1.88 bits per heavy atom. The number of aryl methyl sites for hydroxylation is 1. The van der Waals surface area contributed by atoms with E-state index in [1.807, 2.05) is 12.1 Å². The second-order valence-corrected chi connectivity index (χ2v) is 11.7. The summed E-state index contributed by atoms with van der Waals surface area (Å²) in [4.78, 5) is 20.1. The fraction of sp³-hybridized carbons (Fsp3) is 0.567. The van der Waals surface area contributed by atoms with E-state index in [0.29, 0.717) is 29.9 Å². The number of halogens is 4. The fourth-order valence-corrected chi connectivity index (χ4v) is 6.61. The van der Waals surface area contributed by atoms with Gasteiger partial charge in [-0.1, -0.05) is 0 Å². The van der Waals surface area contributed by atoms with Crippen molar-refractivity contribution in [2.24, 2.45) is 5.92 Å². The molecule has 6 rings (SSSR count). The van der Waals surface area contributed by atoms with Crippen molar-refractivity contribution < 1.29 is 31.8 Å². The van der Waals surface area contributed by atoms with E-state index in [-0.39, 0.29) is 43.0 Å². The maximum atomic E-state index is 13.9. The van der Waals surface area contributed by atoms with E-state index in [0.717, 1.165) is 56.7 Å². The minimum atomic E-state index is -4.46. The number of carbonyl (C=O) groups excluding carboxylic acids is 1. The van der Waals surface area contributed by atoms with Gasteiger partial charge in [-0.2, -0.15) is 13.2 Å². The third-order valence-electron chi connectivity index (χ3n) is 9.04. The average molecular weight is 562 g/mol. The second-order valence-electron chi connectivity index (χ2n) is 11.7. The van der Waals surface area contributed by atoms with Crippen molar-refractivity contribution in [1.82, 2.24) is 9.80 Å². The monoisotopic (exact) mass is 561 g/mol. The number of alkyl halides is 3. The Hall–Kier alpha value is -2.85. The molecule has 1 amide bonds. The first-order valence-electron chi connectivity index (χ1n) is 14.1. The van der Waals surface area contributed by atoms with E-state index >= 15 is 0 Å².